The largest absolute Gasteiger partial charge is 0.448 e. The predicted molar refractivity (Wildman–Crippen MR) is 127 cm³/mol. The summed E-state index contributed by atoms with van der Waals surface area (Å²) >= 11 is 3.13. The Morgan fingerprint density at radius 1 is 1.18 bits per heavy atom. The van der Waals surface area contributed by atoms with Crippen LogP contribution in [-0.2, 0) is 15.8 Å². The number of thiazole rings is 1. The van der Waals surface area contributed by atoms with Gasteiger partial charge in [-0.2, -0.15) is 0 Å². The summed E-state index contributed by atoms with van der Waals surface area (Å²) in [6.07, 6.45) is 0. The average Bonchev–Trinajstić information content (AvgIpc) is 3.43. The summed E-state index contributed by atoms with van der Waals surface area (Å²) in [4.78, 5) is 17.4. The SMILES string of the molecule is Cc1noc(C)c1CSc1nc2ccc(NC(=O)c3cc(S(=O)(=O)N(C)C)oc3C)cc2s1. The molecule has 0 aliphatic heterocycles. The first-order valence-electron chi connectivity index (χ1n) is 9.85. The number of aryl methyl sites for hydroxylation is 3. The van der Waals surface area contributed by atoms with E-state index in [0.717, 1.165) is 35.9 Å². The Balaban J connectivity index is 1.50. The van der Waals surface area contributed by atoms with E-state index >= 15 is 0 Å². The number of hydrogen-bond acceptors (Lipinski definition) is 9. The number of nitrogens with zero attached hydrogens (tertiary/aromatic N) is 3. The molecule has 0 saturated heterocycles. The van der Waals surface area contributed by atoms with Gasteiger partial charge < -0.3 is 14.3 Å². The van der Waals surface area contributed by atoms with Crippen molar-refractivity contribution in [3.63, 3.8) is 0 Å². The van der Waals surface area contributed by atoms with Gasteiger partial charge >= 0.3 is 0 Å². The number of nitrogens with one attached hydrogen (secondary N) is 1. The summed E-state index contributed by atoms with van der Waals surface area (Å²) in [5, 5.41) is 6.51. The Morgan fingerprint density at radius 2 is 1.94 bits per heavy atom. The lowest BCUT2D eigenvalue weighted by molar-refractivity contribution is 0.102. The van der Waals surface area contributed by atoms with Crippen molar-refractivity contribution in [1.29, 1.82) is 0 Å². The molecule has 0 aliphatic rings. The van der Waals surface area contributed by atoms with E-state index in [2.05, 4.69) is 15.5 Å². The van der Waals surface area contributed by atoms with E-state index < -0.39 is 15.9 Å². The maximum atomic E-state index is 12.8. The van der Waals surface area contributed by atoms with Gasteiger partial charge in [0.15, 0.2) is 4.34 Å². The zero-order valence-electron chi connectivity index (χ0n) is 18.6. The number of amides is 1. The van der Waals surface area contributed by atoms with Crippen LogP contribution in [0.25, 0.3) is 10.2 Å². The van der Waals surface area contributed by atoms with Gasteiger partial charge in [-0.05, 0) is 39.0 Å². The number of hydrogen-bond donors (Lipinski definition) is 1. The summed E-state index contributed by atoms with van der Waals surface area (Å²) in [6, 6.07) is 6.69. The molecule has 0 fully saturated rings. The highest BCUT2D eigenvalue weighted by atomic mass is 32.2. The second-order valence-electron chi connectivity index (χ2n) is 7.53. The lowest BCUT2D eigenvalue weighted by atomic mass is 10.2. The summed E-state index contributed by atoms with van der Waals surface area (Å²) < 4.78 is 38.0. The monoisotopic (exact) mass is 506 g/mol. The van der Waals surface area contributed by atoms with Crippen molar-refractivity contribution in [2.24, 2.45) is 0 Å². The number of sulfonamides is 1. The molecular formula is C21H22N4O5S3. The van der Waals surface area contributed by atoms with Crippen LogP contribution in [0.15, 0.2) is 42.6 Å². The summed E-state index contributed by atoms with van der Waals surface area (Å²) in [5.41, 5.74) is 3.52. The van der Waals surface area contributed by atoms with Crippen LogP contribution in [0, 0.1) is 20.8 Å². The van der Waals surface area contributed by atoms with Gasteiger partial charge in [0.2, 0.25) is 5.09 Å². The molecule has 9 nitrogen and oxygen atoms in total. The van der Waals surface area contributed by atoms with Crippen molar-refractivity contribution in [3.8, 4) is 0 Å². The van der Waals surface area contributed by atoms with Crippen molar-refractivity contribution < 1.29 is 22.2 Å². The van der Waals surface area contributed by atoms with Gasteiger partial charge in [0.05, 0.1) is 21.5 Å². The fraction of sp³-hybridized carbons (Fsp3) is 0.286. The fourth-order valence-corrected chi connectivity index (χ4v) is 6.19. The normalized spacial score (nSPS) is 12.1. The Bertz CT molecular complexity index is 1430. The highest BCUT2D eigenvalue weighted by Gasteiger charge is 2.26. The third-order valence-electron chi connectivity index (χ3n) is 5.02. The number of carbonyl (C=O) groups excluding carboxylic acids is 1. The third kappa shape index (κ3) is 4.69. The van der Waals surface area contributed by atoms with Crippen LogP contribution >= 0.6 is 23.1 Å². The van der Waals surface area contributed by atoms with Gasteiger partial charge in [0.1, 0.15) is 11.5 Å². The smallest absolute Gasteiger partial charge is 0.275 e. The lowest BCUT2D eigenvalue weighted by Gasteiger charge is -2.07. The molecule has 0 saturated carbocycles. The highest BCUT2D eigenvalue weighted by molar-refractivity contribution is 8.00. The zero-order valence-corrected chi connectivity index (χ0v) is 21.1. The molecule has 3 heterocycles. The van der Waals surface area contributed by atoms with Crippen molar-refractivity contribution in [2.75, 3.05) is 19.4 Å². The standard InChI is InChI=1S/C21H22N4O5S3/c1-11-16(13(3)30-24-11)10-31-21-23-17-7-6-14(8-18(17)32-21)22-20(26)15-9-19(29-12(15)2)33(27,28)25(4)5/h6-9H,10H2,1-5H3,(H,22,26). The van der Waals surface area contributed by atoms with Crippen LogP contribution in [-0.4, -0.2) is 42.9 Å². The number of fused-ring (bicyclic) bond motifs is 1. The van der Waals surface area contributed by atoms with E-state index in [0.29, 0.717) is 11.4 Å². The van der Waals surface area contributed by atoms with E-state index in [9.17, 15) is 13.2 Å². The average molecular weight is 507 g/mol. The van der Waals surface area contributed by atoms with Crippen molar-refractivity contribution >= 4 is 54.9 Å². The molecule has 0 spiro atoms. The van der Waals surface area contributed by atoms with E-state index in [4.69, 9.17) is 8.94 Å². The molecule has 1 N–H and O–H groups in total. The van der Waals surface area contributed by atoms with Gasteiger partial charge in [0.25, 0.3) is 15.9 Å². The minimum Gasteiger partial charge on any atom is -0.448 e. The first-order chi connectivity index (χ1) is 15.6. The van der Waals surface area contributed by atoms with Crippen LogP contribution in [0.4, 0.5) is 5.69 Å². The predicted octanol–water partition coefficient (Wildman–Crippen LogP) is 4.60. The molecule has 33 heavy (non-hydrogen) atoms. The van der Waals surface area contributed by atoms with Crippen LogP contribution in [0.1, 0.15) is 33.1 Å². The Labute approximate surface area is 199 Å². The summed E-state index contributed by atoms with van der Waals surface area (Å²) in [7, 11) is -0.969. The lowest BCUT2D eigenvalue weighted by Crippen LogP contribution is -2.21. The second-order valence-corrected chi connectivity index (χ2v) is 11.9. The second kappa shape index (κ2) is 8.93. The Morgan fingerprint density at radius 3 is 2.61 bits per heavy atom. The molecule has 4 rings (SSSR count). The molecular weight excluding hydrogens is 484 g/mol. The van der Waals surface area contributed by atoms with Crippen molar-refractivity contribution in [1.82, 2.24) is 14.4 Å². The van der Waals surface area contributed by atoms with Crippen LogP contribution < -0.4 is 5.32 Å². The minimum absolute atomic E-state index is 0.163. The topological polar surface area (TPSA) is 119 Å². The third-order valence-corrected chi connectivity index (χ3v) is 8.88. The molecule has 0 aliphatic carbocycles. The number of thioether (sulfide) groups is 1. The molecule has 3 aromatic heterocycles. The van der Waals surface area contributed by atoms with Crippen molar-refractivity contribution in [2.45, 2.75) is 36.0 Å². The highest BCUT2D eigenvalue weighted by Crippen LogP contribution is 2.34. The number of furan rings is 1. The van der Waals surface area contributed by atoms with Gasteiger partial charge in [-0.15, -0.1) is 11.3 Å². The van der Waals surface area contributed by atoms with Crippen LogP contribution in [0.5, 0.6) is 0 Å². The van der Waals surface area contributed by atoms with Gasteiger partial charge in [-0.1, -0.05) is 16.9 Å². The molecule has 0 unspecified atom stereocenters. The van der Waals surface area contributed by atoms with E-state index in [1.54, 1.807) is 24.8 Å². The number of aromatic nitrogens is 2. The molecule has 12 heteroatoms. The van der Waals surface area contributed by atoms with E-state index in [1.165, 1.54) is 31.5 Å². The molecule has 174 valence electrons. The van der Waals surface area contributed by atoms with Gasteiger partial charge in [-0.3, -0.25) is 4.79 Å². The zero-order chi connectivity index (χ0) is 23.9. The Hall–Kier alpha value is -2.67. The van der Waals surface area contributed by atoms with Gasteiger partial charge in [-0.25, -0.2) is 17.7 Å². The summed E-state index contributed by atoms with van der Waals surface area (Å²) in [6.45, 7) is 5.36. The first kappa shape index (κ1) is 23.5. The Kier molecular flexibility index (Phi) is 6.36. The first-order valence-corrected chi connectivity index (χ1v) is 13.1. The number of carbonyl (C=O) groups is 1. The maximum Gasteiger partial charge on any atom is 0.275 e. The quantitative estimate of drug-likeness (QED) is 0.361. The molecule has 0 radical (unpaired) electrons. The molecule has 0 atom stereocenters. The van der Waals surface area contributed by atoms with Gasteiger partial charge in [0, 0.05) is 37.2 Å². The van der Waals surface area contributed by atoms with Crippen LogP contribution in [0.2, 0.25) is 0 Å². The van der Waals surface area contributed by atoms with Crippen molar-refractivity contribution in [3.05, 3.63) is 52.6 Å². The van der Waals surface area contributed by atoms with E-state index in [-0.39, 0.29) is 16.4 Å². The number of benzene rings is 1. The molecule has 0 bridgehead atoms. The fourth-order valence-electron chi connectivity index (χ4n) is 3.07. The minimum atomic E-state index is -3.77. The number of rotatable bonds is 7. The maximum absolute atomic E-state index is 12.8. The molecule has 4 aromatic rings. The summed E-state index contributed by atoms with van der Waals surface area (Å²) in [5.74, 6) is 1.29. The molecule has 1 amide bonds. The number of anilines is 1. The molecule has 1 aromatic carbocycles. The van der Waals surface area contributed by atoms with Crippen LogP contribution in [0.3, 0.4) is 0 Å². The van der Waals surface area contributed by atoms with E-state index in [1.807, 2.05) is 26.0 Å².